The fraction of sp³-hybridized carbons (Fsp3) is 0.571. The summed E-state index contributed by atoms with van der Waals surface area (Å²) in [5.41, 5.74) is 7.19. The molecule has 0 bridgehead atoms. The van der Waals surface area contributed by atoms with Crippen molar-refractivity contribution in [1.29, 1.82) is 0 Å². The minimum atomic E-state index is -0.382. The highest BCUT2D eigenvalue weighted by molar-refractivity contribution is 5.91. The van der Waals surface area contributed by atoms with Crippen LogP contribution in [0.25, 0.3) is 5.78 Å². The van der Waals surface area contributed by atoms with Gasteiger partial charge in [-0.1, -0.05) is 0 Å². The van der Waals surface area contributed by atoms with Gasteiger partial charge in [-0.05, 0) is 45.6 Å². The van der Waals surface area contributed by atoms with Crippen LogP contribution >= 0.6 is 24.8 Å². The monoisotopic (exact) mass is 360 g/mol. The Morgan fingerprint density at radius 2 is 2.04 bits per heavy atom. The van der Waals surface area contributed by atoms with E-state index in [1.165, 1.54) is 0 Å². The Morgan fingerprint density at radius 3 is 2.61 bits per heavy atom. The molecule has 3 rings (SSSR count). The number of nitrogens with one attached hydrogen (secondary N) is 1. The second-order valence-electron chi connectivity index (χ2n) is 6.04. The molecule has 2 heterocycles. The smallest absolute Gasteiger partial charge is 0.291 e. The molecule has 128 valence electrons. The maximum absolute atomic E-state index is 12.4. The van der Waals surface area contributed by atoms with Gasteiger partial charge in [0.1, 0.15) is 0 Å². The lowest BCUT2D eigenvalue weighted by molar-refractivity contribution is 0.0887. The van der Waals surface area contributed by atoms with E-state index in [-0.39, 0.29) is 42.1 Å². The number of carbonyl (C=O) groups is 1. The molecule has 1 unspecified atom stereocenters. The summed E-state index contributed by atoms with van der Waals surface area (Å²) in [6.07, 6.45) is 2.21. The van der Waals surface area contributed by atoms with Gasteiger partial charge in [-0.3, -0.25) is 4.79 Å². The Bertz CT molecular complexity index is 715. The molecular formula is C14H22Cl2N6O. The summed E-state index contributed by atoms with van der Waals surface area (Å²) in [6, 6.07) is 1.90. The molecular weight excluding hydrogens is 339 g/mol. The Hall–Kier alpha value is -1.44. The Labute approximate surface area is 147 Å². The number of nitrogens with zero attached hydrogens (tertiary/aromatic N) is 4. The van der Waals surface area contributed by atoms with Crippen molar-refractivity contribution < 1.29 is 4.79 Å². The third-order valence-corrected chi connectivity index (χ3v) is 4.12. The lowest BCUT2D eigenvalue weighted by Crippen LogP contribution is -2.53. The molecule has 0 radical (unpaired) electrons. The molecule has 0 aliphatic heterocycles. The first-order valence-electron chi connectivity index (χ1n) is 7.16. The van der Waals surface area contributed by atoms with E-state index in [1.807, 2.05) is 26.8 Å². The number of aromatic nitrogens is 4. The third kappa shape index (κ3) is 3.73. The summed E-state index contributed by atoms with van der Waals surface area (Å²) in [7, 11) is 0. The topological polar surface area (TPSA) is 98.2 Å². The van der Waals surface area contributed by atoms with Gasteiger partial charge >= 0.3 is 0 Å². The van der Waals surface area contributed by atoms with E-state index in [0.717, 1.165) is 24.2 Å². The van der Waals surface area contributed by atoms with Crippen molar-refractivity contribution in [2.24, 2.45) is 11.7 Å². The number of hydrogen-bond donors (Lipinski definition) is 2. The van der Waals surface area contributed by atoms with Crippen molar-refractivity contribution in [2.45, 2.75) is 39.2 Å². The second kappa shape index (κ2) is 6.98. The van der Waals surface area contributed by atoms with Crippen molar-refractivity contribution in [3.63, 3.8) is 0 Å². The van der Waals surface area contributed by atoms with Gasteiger partial charge in [-0.2, -0.15) is 4.98 Å². The molecule has 1 amide bonds. The highest BCUT2D eigenvalue weighted by Crippen LogP contribution is 2.39. The van der Waals surface area contributed by atoms with Gasteiger partial charge in [0.05, 0.1) is 5.54 Å². The van der Waals surface area contributed by atoms with Gasteiger partial charge in [-0.25, -0.2) is 9.50 Å². The number of fused-ring (bicyclic) bond motifs is 1. The van der Waals surface area contributed by atoms with E-state index < -0.39 is 0 Å². The molecule has 3 N–H and O–H groups in total. The van der Waals surface area contributed by atoms with Crippen LogP contribution in [-0.4, -0.2) is 37.6 Å². The van der Waals surface area contributed by atoms with E-state index in [4.69, 9.17) is 5.73 Å². The molecule has 7 nitrogen and oxygen atoms in total. The maximum Gasteiger partial charge on any atom is 0.291 e. The first-order chi connectivity index (χ1) is 9.93. The van der Waals surface area contributed by atoms with Crippen LogP contribution in [-0.2, 0) is 0 Å². The summed E-state index contributed by atoms with van der Waals surface area (Å²) in [6.45, 7) is 6.19. The summed E-state index contributed by atoms with van der Waals surface area (Å²) < 4.78 is 1.58. The third-order valence-electron chi connectivity index (χ3n) is 4.12. The molecule has 1 saturated carbocycles. The minimum Gasteiger partial charge on any atom is -0.343 e. The molecule has 0 spiro atoms. The summed E-state index contributed by atoms with van der Waals surface area (Å²) >= 11 is 0. The lowest BCUT2D eigenvalue weighted by Gasteiger charge is -2.28. The number of carbonyl (C=O) groups excluding carboxylic acids is 1. The van der Waals surface area contributed by atoms with Crippen molar-refractivity contribution in [3.8, 4) is 0 Å². The zero-order chi connectivity index (χ0) is 15.2. The summed E-state index contributed by atoms with van der Waals surface area (Å²) in [5.74, 6) is 0.734. The van der Waals surface area contributed by atoms with Crippen LogP contribution in [0.1, 0.15) is 41.8 Å². The second-order valence-corrected chi connectivity index (χ2v) is 6.04. The predicted octanol–water partition coefficient (Wildman–Crippen LogP) is 1.44. The van der Waals surface area contributed by atoms with Crippen molar-refractivity contribution in [3.05, 3.63) is 23.3 Å². The van der Waals surface area contributed by atoms with Gasteiger partial charge in [0.2, 0.25) is 5.82 Å². The molecule has 1 aliphatic rings. The average Bonchev–Trinajstić information content (AvgIpc) is 3.19. The van der Waals surface area contributed by atoms with Gasteiger partial charge in [0, 0.05) is 17.9 Å². The molecule has 1 aliphatic carbocycles. The molecule has 0 saturated heterocycles. The summed E-state index contributed by atoms with van der Waals surface area (Å²) in [4.78, 5) is 20.9. The standard InChI is InChI=1S/C14H20N6O.2ClH/c1-8-6-9(2)20-13(16-8)17-11(19-20)12(21)18-14(3,7-15)10-4-5-10;;/h6,10H,4-5,7,15H2,1-3H3,(H,18,21);2*1H. The van der Waals surface area contributed by atoms with Gasteiger partial charge in [0.15, 0.2) is 0 Å². The van der Waals surface area contributed by atoms with E-state index in [1.54, 1.807) is 4.52 Å². The largest absolute Gasteiger partial charge is 0.343 e. The minimum absolute atomic E-state index is 0. The Morgan fingerprint density at radius 1 is 1.39 bits per heavy atom. The highest BCUT2D eigenvalue weighted by Gasteiger charge is 2.42. The SMILES string of the molecule is Cc1cc(C)n2nc(C(=O)NC(C)(CN)C3CC3)nc2n1.Cl.Cl. The maximum atomic E-state index is 12.4. The zero-order valence-electron chi connectivity index (χ0n) is 13.4. The zero-order valence-corrected chi connectivity index (χ0v) is 15.0. The van der Waals surface area contributed by atoms with Crippen molar-refractivity contribution >= 4 is 36.5 Å². The number of halogens is 2. The number of aryl methyl sites for hydroxylation is 2. The van der Waals surface area contributed by atoms with Crippen LogP contribution in [0.3, 0.4) is 0 Å². The van der Waals surface area contributed by atoms with E-state index in [2.05, 4.69) is 20.4 Å². The van der Waals surface area contributed by atoms with Gasteiger partial charge in [-0.15, -0.1) is 29.9 Å². The fourth-order valence-corrected chi connectivity index (χ4v) is 2.62. The molecule has 23 heavy (non-hydrogen) atoms. The van der Waals surface area contributed by atoms with Crippen molar-refractivity contribution in [2.75, 3.05) is 6.54 Å². The quantitative estimate of drug-likeness (QED) is 0.859. The molecule has 1 fully saturated rings. The van der Waals surface area contributed by atoms with Gasteiger partial charge in [0.25, 0.3) is 11.7 Å². The van der Waals surface area contributed by atoms with Crippen LogP contribution in [0.5, 0.6) is 0 Å². The molecule has 1 atom stereocenters. The van der Waals surface area contributed by atoms with Crippen LogP contribution in [0.2, 0.25) is 0 Å². The van der Waals surface area contributed by atoms with E-state index in [0.29, 0.717) is 18.2 Å². The molecule has 0 aromatic carbocycles. The van der Waals surface area contributed by atoms with Crippen LogP contribution in [0, 0.1) is 19.8 Å². The summed E-state index contributed by atoms with van der Waals surface area (Å²) in [5, 5.41) is 7.23. The lowest BCUT2D eigenvalue weighted by atomic mass is 9.96. The van der Waals surface area contributed by atoms with E-state index in [9.17, 15) is 4.79 Å². The van der Waals surface area contributed by atoms with Gasteiger partial charge < -0.3 is 11.1 Å². The molecule has 9 heteroatoms. The average molecular weight is 361 g/mol. The highest BCUT2D eigenvalue weighted by atomic mass is 35.5. The fourth-order valence-electron chi connectivity index (χ4n) is 2.62. The predicted molar refractivity (Wildman–Crippen MR) is 92.4 cm³/mol. The number of nitrogens with two attached hydrogens (primary N) is 1. The van der Waals surface area contributed by atoms with E-state index >= 15 is 0 Å². The number of amides is 1. The normalized spacial score (nSPS) is 16.2. The molecule has 2 aromatic rings. The molecule has 2 aromatic heterocycles. The first-order valence-corrected chi connectivity index (χ1v) is 7.16. The Balaban J connectivity index is 0.00000132. The van der Waals surface area contributed by atoms with Crippen LogP contribution < -0.4 is 11.1 Å². The number of rotatable bonds is 4. The first kappa shape index (κ1) is 19.6. The van der Waals surface area contributed by atoms with Crippen LogP contribution in [0.15, 0.2) is 6.07 Å². The Kier molecular flexibility index (Phi) is 5.95. The van der Waals surface area contributed by atoms with Crippen molar-refractivity contribution in [1.82, 2.24) is 24.9 Å². The van der Waals surface area contributed by atoms with Crippen LogP contribution in [0.4, 0.5) is 0 Å². The number of hydrogen-bond acceptors (Lipinski definition) is 5.